The number of benzene rings is 4. The van der Waals surface area contributed by atoms with Gasteiger partial charge in [-0.15, -0.1) is 11.8 Å². The molecular formula is C34H32N4O6S. The SMILES string of the molecule is CCC(Sc1cccc(NC(=O)/C(=C/c2cccc(OC)c2)NC(=O)c2ccccc2)c1)C(=O)Nc1ccc([N+](=O)[O-])cc1C. The molecule has 0 heterocycles. The molecule has 0 aliphatic rings. The first kappa shape index (κ1) is 32.5. The number of aryl methyl sites for hydroxylation is 1. The van der Waals surface area contributed by atoms with Crippen LogP contribution in [-0.2, 0) is 9.59 Å². The van der Waals surface area contributed by atoms with Crippen molar-refractivity contribution in [3.05, 3.63) is 130 Å². The van der Waals surface area contributed by atoms with Crippen LogP contribution < -0.4 is 20.7 Å². The summed E-state index contributed by atoms with van der Waals surface area (Å²) in [5, 5.41) is 19.0. The Labute approximate surface area is 265 Å². The van der Waals surface area contributed by atoms with Gasteiger partial charge in [-0.1, -0.05) is 43.3 Å². The molecule has 0 bridgehead atoms. The maximum absolute atomic E-state index is 13.5. The quantitative estimate of drug-likeness (QED) is 0.0679. The van der Waals surface area contributed by atoms with Crippen LogP contribution in [0.1, 0.15) is 34.8 Å². The van der Waals surface area contributed by atoms with Crippen LogP contribution in [0.2, 0.25) is 0 Å². The number of non-ortho nitro benzene ring substituents is 1. The van der Waals surface area contributed by atoms with Gasteiger partial charge in [0.15, 0.2) is 0 Å². The summed E-state index contributed by atoms with van der Waals surface area (Å²) in [6.07, 6.45) is 2.08. The van der Waals surface area contributed by atoms with Crippen LogP contribution >= 0.6 is 11.8 Å². The molecule has 0 radical (unpaired) electrons. The van der Waals surface area contributed by atoms with E-state index in [9.17, 15) is 24.5 Å². The van der Waals surface area contributed by atoms with E-state index in [0.717, 1.165) is 4.90 Å². The molecule has 4 aromatic rings. The zero-order chi connectivity index (χ0) is 32.3. The first-order chi connectivity index (χ1) is 21.7. The largest absolute Gasteiger partial charge is 0.497 e. The lowest BCUT2D eigenvalue weighted by molar-refractivity contribution is -0.384. The van der Waals surface area contributed by atoms with E-state index in [1.54, 1.807) is 92.9 Å². The van der Waals surface area contributed by atoms with Crippen LogP contribution in [0.25, 0.3) is 6.08 Å². The van der Waals surface area contributed by atoms with Gasteiger partial charge in [0, 0.05) is 34.0 Å². The lowest BCUT2D eigenvalue weighted by Gasteiger charge is -2.17. The summed E-state index contributed by atoms with van der Waals surface area (Å²) in [5.74, 6) is -0.631. The molecule has 4 aromatic carbocycles. The van der Waals surface area contributed by atoms with Gasteiger partial charge in [-0.25, -0.2) is 0 Å². The molecule has 3 N–H and O–H groups in total. The molecule has 230 valence electrons. The fourth-order valence-corrected chi connectivity index (χ4v) is 5.30. The van der Waals surface area contributed by atoms with Crippen LogP contribution in [-0.4, -0.2) is 35.0 Å². The van der Waals surface area contributed by atoms with Crippen molar-refractivity contribution >= 4 is 52.6 Å². The second kappa shape index (κ2) is 15.3. The van der Waals surface area contributed by atoms with Crippen LogP contribution in [0, 0.1) is 17.0 Å². The zero-order valence-electron chi connectivity index (χ0n) is 24.9. The minimum absolute atomic E-state index is 0.0273. The Morgan fingerprint density at radius 3 is 2.38 bits per heavy atom. The van der Waals surface area contributed by atoms with Crippen molar-refractivity contribution in [1.82, 2.24) is 5.32 Å². The number of nitrogens with one attached hydrogen (secondary N) is 3. The molecule has 0 fully saturated rings. The number of thioether (sulfide) groups is 1. The highest BCUT2D eigenvalue weighted by Gasteiger charge is 2.21. The Bertz CT molecular complexity index is 1740. The highest BCUT2D eigenvalue weighted by Crippen LogP contribution is 2.30. The van der Waals surface area contributed by atoms with Gasteiger partial charge in [-0.2, -0.15) is 0 Å². The summed E-state index contributed by atoms with van der Waals surface area (Å²) in [5.41, 5.74) is 2.58. The number of methoxy groups -OCH3 is 1. The van der Waals surface area contributed by atoms with E-state index in [0.29, 0.717) is 40.2 Å². The molecule has 1 atom stereocenters. The standard InChI is InChI=1S/C34H32N4O6S/c1-4-31(34(41)36-29-17-16-26(38(42)43)18-22(29)2)45-28-15-9-13-25(21-28)35-33(40)30(20-23-10-8-14-27(19-23)44-3)37-32(39)24-11-6-5-7-12-24/h5-21,31H,4H2,1-3H3,(H,35,40)(H,36,41)(H,37,39)/b30-20-. The number of nitrogens with zero attached hydrogens (tertiary/aromatic N) is 1. The van der Waals surface area contributed by atoms with E-state index in [1.165, 1.54) is 30.0 Å². The molecule has 1 unspecified atom stereocenters. The molecule has 10 nitrogen and oxygen atoms in total. The third kappa shape index (κ3) is 9.04. The Balaban J connectivity index is 1.50. The fourth-order valence-electron chi connectivity index (χ4n) is 4.29. The number of nitro benzene ring substituents is 1. The first-order valence-corrected chi connectivity index (χ1v) is 14.9. The minimum Gasteiger partial charge on any atom is -0.497 e. The van der Waals surface area contributed by atoms with Gasteiger partial charge in [0.25, 0.3) is 17.5 Å². The Kier molecular flexibility index (Phi) is 11.1. The van der Waals surface area contributed by atoms with E-state index in [-0.39, 0.29) is 17.3 Å². The van der Waals surface area contributed by atoms with Gasteiger partial charge in [0.2, 0.25) is 5.91 Å². The highest BCUT2D eigenvalue weighted by atomic mass is 32.2. The maximum atomic E-state index is 13.5. The monoisotopic (exact) mass is 624 g/mol. The number of hydrogen-bond acceptors (Lipinski definition) is 7. The third-order valence-electron chi connectivity index (χ3n) is 6.65. The number of hydrogen-bond donors (Lipinski definition) is 3. The lowest BCUT2D eigenvalue weighted by Crippen LogP contribution is -2.30. The topological polar surface area (TPSA) is 140 Å². The predicted molar refractivity (Wildman–Crippen MR) is 176 cm³/mol. The molecule has 3 amide bonds. The van der Waals surface area contributed by atoms with Crippen LogP contribution in [0.3, 0.4) is 0 Å². The Morgan fingerprint density at radius 1 is 0.933 bits per heavy atom. The van der Waals surface area contributed by atoms with Crippen molar-refractivity contribution in [2.45, 2.75) is 30.4 Å². The number of nitro groups is 1. The van der Waals surface area contributed by atoms with Crippen molar-refractivity contribution < 1.29 is 24.0 Å². The van der Waals surface area contributed by atoms with Gasteiger partial charge in [-0.05, 0) is 79.1 Å². The molecule has 0 aliphatic heterocycles. The Morgan fingerprint density at radius 2 is 1.69 bits per heavy atom. The number of anilines is 2. The van der Waals surface area contributed by atoms with Crippen molar-refractivity contribution in [2.24, 2.45) is 0 Å². The third-order valence-corrected chi connectivity index (χ3v) is 8.00. The summed E-state index contributed by atoms with van der Waals surface area (Å²) in [6.45, 7) is 3.58. The average Bonchev–Trinajstić information content (AvgIpc) is 3.04. The summed E-state index contributed by atoms with van der Waals surface area (Å²) >= 11 is 1.32. The zero-order valence-corrected chi connectivity index (χ0v) is 25.7. The first-order valence-electron chi connectivity index (χ1n) is 14.0. The molecule has 45 heavy (non-hydrogen) atoms. The van der Waals surface area contributed by atoms with E-state index in [1.807, 2.05) is 13.0 Å². The number of carbonyl (C=O) groups excluding carboxylic acids is 3. The normalized spacial score (nSPS) is 11.7. The molecule has 4 rings (SSSR count). The molecule has 0 spiro atoms. The number of rotatable bonds is 12. The van der Waals surface area contributed by atoms with E-state index < -0.39 is 22.0 Å². The second-order valence-electron chi connectivity index (χ2n) is 9.90. The van der Waals surface area contributed by atoms with Gasteiger partial charge in [0.05, 0.1) is 17.3 Å². The average molecular weight is 625 g/mol. The maximum Gasteiger partial charge on any atom is 0.272 e. The lowest BCUT2D eigenvalue weighted by atomic mass is 10.1. The van der Waals surface area contributed by atoms with Gasteiger partial charge in [-0.3, -0.25) is 24.5 Å². The summed E-state index contributed by atoms with van der Waals surface area (Å²) in [4.78, 5) is 50.9. The summed E-state index contributed by atoms with van der Waals surface area (Å²) in [7, 11) is 1.54. The van der Waals surface area contributed by atoms with Crippen molar-refractivity contribution in [3.8, 4) is 5.75 Å². The van der Waals surface area contributed by atoms with Gasteiger partial charge in [0.1, 0.15) is 11.4 Å². The molecule has 0 aromatic heterocycles. The summed E-state index contributed by atoms with van der Waals surface area (Å²) < 4.78 is 5.29. The minimum atomic E-state index is -0.539. The second-order valence-corrected chi connectivity index (χ2v) is 11.2. The molecular weight excluding hydrogens is 592 g/mol. The number of ether oxygens (including phenoxy) is 1. The Hall–Kier alpha value is -5.42. The number of amides is 3. The van der Waals surface area contributed by atoms with Crippen molar-refractivity contribution in [2.75, 3.05) is 17.7 Å². The van der Waals surface area contributed by atoms with Crippen molar-refractivity contribution in [3.63, 3.8) is 0 Å². The fraction of sp³-hybridized carbons (Fsp3) is 0.147. The highest BCUT2D eigenvalue weighted by molar-refractivity contribution is 8.00. The predicted octanol–water partition coefficient (Wildman–Crippen LogP) is 6.83. The molecule has 0 saturated carbocycles. The van der Waals surface area contributed by atoms with E-state index in [2.05, 4.69) is 16.0 Å². The van der Waals surface area contributed by atoms with Gasteiger partial charge < -0.3 is 20.7 Å². The number of carbonyl (C=O) groups is 3. The molecule has 11 heteroatoms. The van der Waals surface area contributed by atoms with Gasteiger partial charge >= 0.3 is 0 Å². The smallest absolute Gasteiger partial charge is 0.272 e. The van der Waals surface area contributed by atoms with E-state index >= 15 is 0 Å². The molecule has 0 saturated heterocycles. The van der Waals surface area contributed by atoms with E-state index in [4.69, 9.17) is 4.74 Å². The van der Waals surface area contributed by atoms with Crippen LogP contribution in [0.5, 0.6) is 5.75 Å². The summed E-state index contributed by atoms with van der Waals surface area (Å²) in [6, 6.07) is 27.0. The van der Waals surface area contributed by atoms with Crippen LogP contribution in [0.4, 0.5) is 17.1 Å². The van der Waals surface area contributed by atoms with Crippen LogP contribution in [0.15, 0.2) is 108 Å². The van der Waals surface area contributed by atoms with Crippen molar-refractivity contribution in [1.29, 1.82) is 0 Å². The molecule has 0 aliphatic carbocycles.